The molecule has 0 aliphatic carbocycles. The van der Waals surface area contributed by atoms with Crippen LogP contribution in [0.5, 0.6) is 0 Å². The van der Waals surface area contributed by atoms with E-state index in [1.807, 2.05) is 19.9 Å². The van der Waals surface area contributed by atoms with Crippen LogP contribution in [-0.2, 0) is 11.3 Å². The Bertz CT molecular complexity index is 963. The molecule has 0 fully saturated rings. The summed E-state index contributed by atoms with van der Waals surface area (Å²) in [6, 6.07) is 11.1. The quantitative estimate of drug-likeness (QED) is 0.391. The molecule has 0 amide bonds. The van der Waals surface area contributed by atoms with Crippen LogP contribution in [0.15, 0.2) is 46.9 Å². The smallest absolute Gasteiger partial charge is 0.338 e. The van der Waals surface area contributed by atoms with Crippen molar-refractivity contribution in [3.8, 4) is 11.5 Å². The van der Waals surface area contributed by atoms with E-state index in [0.29, 0.717) is 11.1 Å². The number of carbonyl (C=O) groups is 1. The Morgan fingerprint density at radius 3 is 2.58 bits per heavy atom. The minimum Gasteiger partial charge on any atom is -0.452 e. The number of nitro benzene ring substituents is 1. The van der Waals surface area contributed by atoms with Crippen molar-refractivity contribution in [1.29, 1.82) is 0 Å². The Morgan fingerprint density at radius 1 is 1.15 bits per heavy atom. The molecule has 1 heterocycles. The number of hydrogen-bond donors (Lipinski definition) is 0. The molecule has 3 rings (SSSR count). The number of carbonyl (C=O) groups excluding carboxylic acids is 1. The van der Waals surface area contributed by atoms with E-state index in [1.165, 1.54) is 24.3 Å². The van der Waals surface area contributed by atoms with E-state index in [1.54, 1.807) is 12.1 Å². The SMILES string of the molecule is Cc1cccc(C(=O)OCc2nnc(-c3ccc([N+](=O)[O-])cc3)o2)c1C. The molecule has 0 N–H and O–H groups in total. The van der Waals surface area contributed by atoms with Crippen LogP contribution < -0.4 is 0 Å². The minimum atomic E-state index is -0.490. The van der Waals surface area contributed by atoms with Crippen molar-refractivity contribution in [1.82, 2.24) is 10.2 Å². The number of benzene rings is 2. The summed E-state index contributed by atoms with van der Waals surface area (Å²) in [7, 11) is 0. The Labute approximate surface area is 148 Å². The first kappa shape index (κ1) is 17.3. The highest BCUT2D eigenvalue weighted by atomic mass is 16.6. The molecule has 0 atom stereocenters. The molecule has 0 saturated heterocycles. The van der Waals surface area contributed by atoms with Crippen molar-refractivity contribution in [3.63, 3.8) is 0 Å². The predicted octanol–water partition coefficient (Wildman–Crippen LogP) is 3.62. The van der Waals surface area contributed by atoms with Crippen LogP contribution in [-0.4, -0.2) is 21.1 Å². The standard InChI is InChI=1S/C18H15N3O5/c1-11-4-3-5-15(12(11)2)18(22)25-10-16-19-20-17(26-16)13-6-8-14(9-7-13)21(23)24/h3-9H,10H2,1-2H3. The number of rotatable bonds is 5. The molecule has 0 aliphatic rings. The van der Waals surface area contributed by atoms with Gasteiger partial charge in [-0.15, -0.1) is 10.2 Å². The van der Waals surface area contributed by atoms with E-state index in [-0.39, 0.29) is 24.1 Å². The first-order chi connectivity index (χ1) is 12.5. The Hall–Kier alpha value is -3.55. The minimum absolute atomic E-state index is 0.0315. The maximum atomic E-state index is 12.2. The largest absolute Gasteiger partial charge is 0.452 e. The summed E-state index contributed by atoms with van der Waals surface area (Å²) in [5.74, 6) is -0.143. The third kappa shape index (κ3) is 3.59. The molecule has 8 nitrogen and oxygen atoms in total. The summed E-state index contributed by atoms with van der Waals surface area (Å²) in [6.07, 6.45) is 0. The van der Waals surface area contributed by atoms with Gasteiger partial charge in [0.25, 0.3) is 11.6 Å². The average molecular weight is 353 g/mol. The highest BCUT2D eigenvalue weighted by molar-refractivity contribution is 5.91. The third-order valence-corrected chi connectivity index (χ3v) is 3.94. The van der Waals surface area contributed by atoms with Crippen LogP contribution in [0.3, 0.4) is 0 Å². The number of non-ortho nitro benzene ring substituents is 1. The third-order valence-electron chi connectivity index (χ3n) is 3.94. The summed E-state index contributed by atoms with van der Waals surface area (Å²) in [6.45, 7) is 3.61. The zero-order valence-corrected chi connectivity index (χ0v) is 14.1. The molecule has 3 aromatic rings. The van der Waals surface area contributed by atoms with E-state index >= 15 is 0 Å². The van der Waals surface area contributed by atoms with Crippen molar-refractivity contribution in [2.75, 3.05) is 0 Å². The zero-order chi connectivity index (χ0) is 18.7. The summed E-state index contributed by atoms with van der Waals surface area (Å²) in [4.78, 5) is 22.4. The van der Waals surface area contributed by atoms with E-state index in [9.17, 15) is 14.9 Å². The number of nitrogens with zero attached hydrogens (tertiary/aromatic N) is 3. The van der Waals surface area contributed by atoms with Crippen LogP contribution in [0, 0.1) is 24.0 Å². The summed E-state index contributed by atoms with van der Waals surface area (Å²) >= 11 is 0. The molecule has 0 spiro atoms. The molecule has 0 bridgehead atoms. The fraction of sp³-hybridized carbons (Fsp3) is 0.167. The predicted molar refractivity (Wildman–Crippen MR) is 91.4 cm³/mol. The van der Waals surface area contributed by atoms with Crippen molar-refractivity contribution in [2.45, 2.75) is 20.5 Å². The van der Waals surface area contributed by atoms with Gasteiger partial charge in [0.2, 0.25) is 5.89 Å². The Morgan fingerprint density at radius 2 is 1.88 bits per heavy atom. The molecule has 8 heteroatoms. The Kier molecular flexibility index (Phi) is 4.74. The second-order valence-corrected chi connectivity index (χ2v) is 5.63. The molecular weight excluding hydrogens is 338 g/mol. The Balaban J connectivity index is 1.68. The lowest BCUT2D eigenvalue weighted by Crippen LogP contribution is -2.08. The van der Waals surface area contributed by atoms with Crippen molar-refractivity contribution < 1.29 is 18.9 Å². The first-order valence-corrected chi connectivity index (χ1v) is 7.76. The number of ether oxygens (including phenoxy) is 1. The van der Waals surface area contributed by atoms with Crippen LogP contribution in [0.1, 0.15) is 27.4 Å². The maximum Gasteiger partial charge on any atom is 0.338 e. The fourth-order valence-electron chi connectivity index (χ4n) is 2.33. The first-order valence-electron chi connectivity index (χ1n) is 7.76. The zero-order valence-electron chi connectivity index (χ0n) is 14.1. The van der Waals surface area contributed by atoms with Gasteiger partial charge in [-0.2, -0.15) is 0 Å². The number of hydrogen-bond acceptors (Lipinski definition) is 7. The number of aromatic nitrogens is 2. The lowest BCUT2D eigenvalue weighted by atomic mass is 10.0. The van der Waals surface area contributed by atoms with Gasteiger partial charge >= 0.3 is 5.97 Å². The topological polar surface area (TPSA) is 108 Å². The number of esters is 1. The second kappa shape index (κ2) is 7.14. The lowest BCUT2D eigenvalue weighted by molar-refractivity contribution is -0.384. The van der Waals surface area contributed by atoms with E-state index in [4.69, 9.17) is 9.15 Å². The lowest BCUT2D eigenvalue weighted by Gasteiger charge is -2.07. The monoisotopic (exact) mass is 353 g/mol. The molecule has 0 radical (unpaired) electrons. The van der Waals surface area contributed by atoms with Crippen LogP contribution in [0.25, 0.3) is 11.5 Å². The van der Waals surface area contributed by atoms with E-state index in [2.05, 4.69) is 10.2 Å². The van der Waals surface area contributed by atoms with Gasteiger partial charge in [-0.05, 0) is 43.2 Å². The molecule has 2 aromatic carbocycles. The van der Waals surface area contributed by atoms with Gasteiger partial charge in [0.15, 0.2) is 6.61 Å². The number of aryl methyl sites for hydroxylation is 1. The van der Waals surface area contributed by atoms with Crippen LogP contribution in [0.4, 0.5) is 5.69 Å². The maximum absolute atomic E-state index is 12.2. The molecule has 1 aromatic heterocycles. The second-order valence-electron chi connectivity index (χ2n) is 5.63. The van der Waals surface area contributed by atoms with Gasteiger partial charge in [0.1, 0.15) is 0 Å². The van der Waals surface area contributed by atoms with E-state index < -0.39 is 10.9 Å². The van der Waals surface area contributed by atoms with Crippen LogP contribution >= 0.6 is 0 Å². The molecule has 0 aliphatic heterocycles. The molecular formula is C18H15N3O5. The van der Waals surface area contributed by atoms with Gasteiger partial charge in [-0.25, -0.2) is 4.79 Å². The van der Waals surface area contributed by atoms with Crippen molar-refractivity contribution in [2.24, 2.45) is 0 Å². The average Bonchev–Trinajstić information content (AvgIpc) is 3.11. The van der Waals surface area contributed by atoms with Crippen molar-refractivity contribution in [3.05, 3.63) is 75.2 Å². The van der Waals surface area contributed by atoms with Gasteiger partial charge in [0.05, 0.1) is 10.5 Å². The summed E-state index contributed by atoms with van der Waals surface area (Å²) in [5.41, 5.74) is 2.85. The van der Waals surface area contributed by atoms with Crippen molar-refractivity contribution >= 4 is 11.7 Å². The summed E-state index contributed by atoms with van der Waals surface area (Å²) < 4.78 is 10.7. The van der Waals surface area contributed by atoms with Gasteiger partial charge < -0.3 is 9.15 Å². The van der Waals surface area contributed by atoms with E-state index in [0.717, 1.165) is 11.1 Å². The molecule has 26 heavy (non-hydrogen) atoms. The van der Waals surface area contributed by atoms with Gasteiger partial charge in [-0.3, -0.25) is 10.1 Å². The summed E-state index contributed by atoms with van der Waals surface area (Å²) in [5, 5.41) is 18.4. The molecule has 0 saturated carbocycles. The number of nitro groups is 1. The van der Waals surface area contributed by atoms with Crippen LogP contribution in [0.2, 0.25) is 0 Å². The highest BCUT2D eigenvalue weighted by Crippen LogP contribution is 2.21. The molecule has 132 valence electrons. The molecule has 0 unspecified atom stereocenters. The highest BCUT2D eigenvalue weighted by Gasteiger charge is 2.15. The normalized spacial score (nSPS) is 10.5. The van der Waals surface area contributed by atoms with Gasteiger partial charge in [0, 0.05) is 17.7 Å². The fourth-order valence-corrected chi connectivity index (χ4v) is 2.33. The van der Waals surface area contributed by atoms with Gasteiger partial charge in [-0.1, -0.05) is 12.1 Å².